The van der Waals surface area contributed by atoms with E-state index < -0.39 is 0 Å². The Balaban J connectivity index is 1.41. The molecule has 0 saturated carbocycles. The number of hydrogen-bond acceptors (Lipinski definition) is 5. The minimum atomic E-state index is 0.865. The molecule has 5 nitrogen and oxygen atoms in total. The number of piperidine rings is 1. The second-order valence-corrected chi connectivity index (χ2v) is 8.13. The number of nitrogens with zero attached hydrogens (tertiary/aromatic N) is 5. The minimum Gasteiger partial charge on any atom is -0.368 e. The fourth-order valence-corrected chi connectivity index (χ4v) is 4.41. The lowest BCUT2D eigenvalue weighted by atomic mass is 10.1. The molecule has 0 radical (unpaired) electrons. The van der Waals surface area contributed by atoms with Crippen molar-refractivity contribution in [2.75, 3.05) is 54.0 Å². The fraction of sp³-hybridized carbons (Fsp3) is 0.360. The predicted octanol–water partition coefficient (Wildman–Crippen LogP) is 4.46. The van der Waals surface area contributed by atoms with Crippen LogP contribution in [0.25, 0.3) is 11.3 Å². The minimum absolute atomic E-state index is 0.865. The lowest BCUT2D eigenvalue weighted by Crippen LogP contribution is -2.47. The first kappa shape index (κ1) is 18.9. The summed E-state index contributed by atoms with van der Waals surface area (Å²) in [6, 6.07) is 23.3. The van der Waals surface area contributed by atoms with Crippen LogP contribution in [0.15, 0.2) is 66.7 Å². The predicted molar refractivity (Wildman–Crippen MR) is 124 cm³/mol. The molecule has 2 fully saturated rings. The molecule has 0 unspecified atom stereocenters. The zero-order valence-electron chi connectivity index (χ0n) is 17.5. The number of aromatic nitrogens is 2. The monoisotopic (exact) mass is 399 g/mol. The highest BCUT2D eigenvalue weighted by Gasteiger charge is 2.22. The molecule has 0 spiro atoms. The van der Waals surface area contributed by atoms with Crippen LogP contribution < -0.4 is 14.7 Å². The van der Waals surface area contributed by atoms with Crippen LogP contribution in [0.1, 0.15) is 19.3 Å². The van der Waals surface area contributed by atoms with Crippen LogP contribution in [-0.2, 0) is 0 Å². The van der Waals surface area contributed by atoms with Crippen LogP contribution in [0.5, 0.6) is 0 Å². The lowest BCUT2D eigenvalue weighted by Gasteiger charge is -2.36. The molecule has 2 saturated heterocycles. The van der Waals surface area contributed by atoms with Crippen molar-refractivity contribution in [2.24, 2.45) is 0 Å². The number of para-hydroxylation sites is 1. The number of piperazine rings is 1. The van der Waals surface area contributed by atoms with Gasteiger partial charge in [0.2, 0.25) is 5.95 Å². The number of benzene rings is 2. The number of hydrogen-bond donors (Lipinski definition) is 0. The van der Waals surface area contributed by atoms with Crippen LogP contribution in [0.4, 0.5) is 17.5 Å². The zero-order chi connectivity index (χ0) is 20.2. The van der Waals surface area contributed by atoms with E-state index in [4.69, 9.17) is 9.97 Å². The van der Waals surface area contributed by atoms with Gasteiger partial charge in [-0.1, -0.05) is 48.5 Å². The third-order valence-corrected chi connectivity index (χ3v) is 6.13. The smallest absolute Gasteiger partial charge is 0.228 e. The van der Waals surface area contributed by atoms with Crippen molar-refractivity contribution in [1.82, 2.24) is 9.97 Å². The average Bonchev–Trinajstić information content (AvgIpc) is 2.85. The van der Waals surface area contributed by atoms with Gasteiger partial charge in [0.05, 0.1) is 5.69 Å². The Morgan fingerprint density at radius 2 is 1.20 bits per heavy atom. The Labute approximate surface area is 179 Å². The Morgan fingerprint density at radius 1 is 0.567 bits per heavy atom. The maximum absolute atomic E-state index is 5.03. The van der Waals surface area contributed by atoms with Gasteiger partial charge < -0.3 is 14.7 Å². The van der Waals surface area contributed by atoms with E-state index in [0.29, 0.717) is 0 Å². The maximum atomic E-state index is 5.03. The third kappa shape index (κ3) is 4.11. The van der Waals surface area contributed by atoms with Crippen molar-refractivity contribution in [3.05, 3.63) is 66.7 Å². The highest BCUT2D eigenvalue weighted by molar-refractivity contribution is 5.65. The average molecular weight is 400 g/mol. The molecule has 0 atom stereocenters. The summed E-state index contributed by atoms with van der Waals surface area (Å²) in [5.74, 6) is 1.94. The molecule has 154 valence electrons. The highest BCUT2D eigenvalue weighted by Crippen LogP contribution is 2.27. The molecule has 0 aliphatic carbocycles. The number of anilines is 3. The Bertz CT molecular complexity index is 946. The lowest BCUT2D eigenvalue weighted by molar-refractivity contribution is 0.572. The molecular weight excluding hydrogens is 370 g/mol. The highest BCUT2D eigenvalue weighted by atomic mass is 15.3. The van der Waals surface area contributed by atoms with Gasteiger partial charge in [0.1, 0.15) is 5.82 Å². The molecule has 2 aromatic carbocycles. The van der Waals surface area contributed by atoms with Crippen LogP contribution in [0.3, 0.4) is 0 Å². The van der Waals surface area contributed by atoms with Gasteiger partial charge in [-0.3, -0.25) is 0 Å². The molecule has 0 amide bonds. The van der Waals surface area contributed by atoms with E-state index >= 15 is 0 Å². The first-order valence-corrected chi connectivity index (χ1v) is 11.1. The fourth-order valence-electron chi connectivity index (χ4n) is 4.41. The first-order chi connectivity index (χ1) is 14.9. The van der Waals surface area contributed by atoms with Gasteiger partial charge in [-0.15, -0.1) is 0 Å². The summed E-state index contributed by atoms with van der Waals surface area (Å²) < 4.78 is 0. The van der Waals surface area contributed by atoms with Gasteiger partial charge >= 0.3 is 0 Å². The van der Waals surface area contributed by atoms with Gasteiger partial charge in [-0.25, -0.2) is 4.98 Å². The summed E-state index contributed by atoms with van der Waals surface area (Å²) in [7, 11) is 0. The molecule has 2 aliphatic rings. The second kappa shape index (κ2) is 8.74. The van der Waals surface area contributed by atoms with Crippen molar-refractivity contribution in [3.63, 3.8) is 0 Å². The van der Waals surface area contributed by atoms with Crippen molar-refractivity contribution in [1.29, 1.82) is 0 Å². The standard InChI is InChI=1S/C25H29N5/c1-4-10-21(11-5-1)23-20-24(29-14-8-3-9-15-29)27-25(26-23)30-18-16-28(17-19-30)22-12-6-2-7-13-22/h1-2,4-7,10-13,20H,3,8-9,14-19H2. The largest absolute Gasteiger partial charge is 0.368 e. The Kier molecular flexibility index (Phi) is 5.51. The molecule has 3 heterocycles. The summed E-state index contributed by atoms with van der Waals surface area (Å²) in [4.78, 5) is 17.2. The summed E-state index contributed by atoms with van der Waals surface area (Å²) in [6.07, 6.45) is 3.81. The molecule has 5 heteroatoms. The van der Waals surface area contributed by atoms with Crippen LogP contribution in [0.2, 0.25) is 0 Å². The van der Waals surface area contributed by atoms with E-state index in [1.54, 1.807) is 0 Å². The molecule has 30 heavy (non-hydrogen) atoms. The Morgan fingerprint density at radius 3 is 1.90 bits per heavy atom. The van der Waals surface area contributed by atoms with Gasteiger partial charge in [0, 0.05) is 56.6 Å². The van der Waals surface area contributed by atoms with Gasteiger partial charge in [-0.2, -0.15) is 4.98 Å². The normalized spacial score (nSPS) is 17.3. The van der Waals surface area contributed by atoms with Crippen LogP contribution in [-0.4, -0.2) is 49.2 Å². The van der Waals surface area contributed by atoms with Crippen molar-refractivity contribution >= 4 is 17.5 Å². The van der Waals surface area contributed by atoms with Gasteiger partial charge in [-0.05, 0) is 31.4 Å². The summed E-state index contributed by atoms with van der Waals surface area (Å²) in [6.45, 7) is 6.03. The molecular formula is C25H29N5. The zero-order valence-corrected chi connectivity index (χ0v) is 17.5. The van der Waals surface area contributed by atoms with Gasteiger partial charge in [0.15, 0.2) is 0 Å². The second-order valence-electron chi connectivity index (χ2n) is 8.13. The van der Waals surface area contributed by atoms with E-state index in [1.165, 1.54) is 24.9 Å². The molecule has 5 rings (SSSR count). The van der Waals surface area contributed by atoms with E-state index in [9.17, 15) is 0 Å². The topological polar surface area (TPSA) is 35.5 Å². The first-order valence-electron chi connectivity index (χ1n) is 11.1. The Hall–Kier alpha value is -3.08. The summed E-state index contributed by atoms with van der Waals surface area (Å²) >= 11 is 0. The number of rotatable bonds is 4. The van der Waals surface area contributed by atoms with E-state index in [0.717, 1.165) is 62.3 Å². The summed E-state index contributed by atoms with van der Waals surface area (Å²) in [5.41, 5.74) is 3.47. The molecule has 1 aromatic heterocycles. The van der Waals surface area contributed by atoms with E-state index in [-0.39, 0.29) is 0 Å². The third-order valence-electron chi connectivity index (χ3n) is 6.13. The molecule has 0 N–H and O–H groups in total. The van der Waals surface area contributed by atoms with Crippen LogP contribution in [0, 0.1) is 0 Å². The van der Waals surface area contributed by atoms with Crippen molar-refractivity contribution < 1.29 is 0 Å². The van der Waals surface area contributed by atoms with E-state index in [2.05, 4.69) is 81.4 Å². The van der Waals surface area contributed by atoms with Crippen molar-refractivity contribution in [2.45, 2.75) is 19.3 Å². The van der Waals surface area contributed by atoms with Crippen LogP contribution >= 0.6 is 0 Å². The SMILES string of the molecule is c1ccc(-c2cc(N3CCCCC3)nc(N3CCN(c4ccccc4)CC3)n2)cc1. The van der Waals surface area contributed by atoms with Crippen molar-refractivity contribution in [3.8, 4) is 11.3 Å². The molecule has 3 aromatic rings. The van der Waals surface area contributed by atoms with E-state index in [1.807, 2.05) is 0 Å². The molecule has 2 aliphatic heterocycles. The maximum Gasteiger partial charge on any atom is 0.228 e. The summed E-state index contributed by atoms with van der Waals surface area (Å²) in [5, 5.41) is 0. The quantitative estimate of drug-likeness (QED) is 0.647. The molecule has 0 bridgehead atoms. The van der Waals surface area contributed by atoms with Gasteiger partial charge in [0.25, 0.3) is 0 Å².